The predicted octanol–water partition coefficient (Wildman–Crippen LogP) is 0.938. The number of carbonyl (C=O) groups excluding carboxylic acids is 1. The maximum Gasteiger partial charge on any atom is 0.331 e. The number of rotatable bonds is 3. The van der Waals surface area contributed by atoms with E-state index in [0.29, 0.717) is 17.4 Å². The number of hydrogen-bond donors (Lipinski definition) is 1. The molecule has 2 fully saturated rings. The van der Waals surface area contributed by atoms with Gasteiger partial charge >= 0.3 is 5.69 Å². The maximum atomic E-state index is 12.8. The van der Waals surface area contributed by atoms with Crippen LogP contribution >= 0.6 is 0 Å². The quantitative estimate of drug-likeness (QED) is 0.855. The van der Waals surface area contributed by atoms with E-state index >= 15 is 0 Å². The second-order valence-corrected chi connectivity index (χ2v) is 8.07. The lowest BCUT2D eigenvalue weighted by Crippen LogP contribution is -2.49. The summed E-state index contributed by atoms with van der Waals surface area (Å²) >= 11 is 0. The molecule has 0 atom stereocenters. The summed E-state index contributed by atoms with van der Waals surface area (Å²) in [6.07, 6.45) is 3.45. The average Bonchev–Trinajstić information content (AvgIpc) is 2.76. The molecule has 7 nitrogen and oxygen atoms in total. The number of fused-ring (bicyclic) bond motifs is 1. The maximum absolute atomic E-state index is 12.8. The van der Waals surface area contributed by atoms with Gasteiger partial charge < -0.3 is 10.2 Å². The van der Waals surface area contributed by atoms with Crippen molar-refractivity contribution in [3.63, 3.8) is 0 Å². The van der Waals surface area contributed by atoms with Crippen molar-refractivity contribution in [3.05, 3.63) is 45.1 Å². The summed E-state index contributed by atoms with van der Waals surface area (Å²) in [6, 6.07) is 7.24. The molecule has 0 unspecified atom stereocenters. The molecule has 1 amide bonds. The standard InChI is InChI=1S/C21H28N4O3/c1-23-18-5-3-2-4-17(18)20(27)25(21(23)28)14-15-6-8-16(9-7-15)19(26)24-12-10-22-11-13-24/h2-5,15-16,22H,6-14H2,1H3/t15-,16-. The number of nitrogens with zero attached hydrogens (tertiary/aromatic N) is 3. The highest BCUT2D eigenvalue weighted by Gasteiger charge is 2.30. The Morgan fingerprint density at radius 1 is 1.07 bits per heavy atom. The van der Waals surface area contributed by atoms with Gasteiger partial charge in [-0.2, -0.15) is 0 Å². The van der Waals surface area contributed by atoms with E-state index in [1.807, 2.05) is 17.0 Å². The minimum Gasteiger partial charge on any atom is -0.340 e. The van der Waals surface area contributed by atoms with Crippen LogP contribution in [0.25, 0.3) is 10.9 Å². The second kappa shape index (κ2) is 7.91. The summed E-state index contributed by atoms with van der Waals surface area (Å²) < 4.78 is 2.93. The lowest BCUT2D eigenvalue weighted by molar-refractivity contribution is -0.137. The van der Waals surface area contributed by atoms with Crippen molar-refractivity contribution in [2.24, 2.45) is 18.9 Å². The van der Waals surface area contributed by atoms with Gasteiger partial charge in [0.05, 0.1) is 10.9 Å². The molecule has 1 aromatic carbocycles. The zero-order valence-corrected chi connectivity index (χ0v) is 16.4. The summed E-state index contributed by atoms with van der Waals surface area (Å²) in [5.74, 6) is 0.628. The third-order valence-electron chi connectivity index (χ3n) is 6.32. The first-order valence-electron chi connectivity index (χ1n) is 10.2. The van der Waals surface area contributed by atoms with Gasteiger partial charge in [-0.15, -0.1) is 0 Å². The molecule has 1 saturated carbocycles. The van der Waals surface area contributed by atoms with Gasteiger partial charge in [-0.05, 0) is 43.7 Å². The number of hydrogen-bond acceptors (Lipinski definition) is 4. The van der Waals surface area contributed by atoms with Crippen LogP contribution < -0.4 is 16.6 Å². The fraction of sp³-hybridized carbons (Fsp3) is 0.571. The topological polar surface area (TPSA) is 76.3 Å². The first-order valence-corrected chi connectivity index (χ1v) is 10.2. The van der Waals surface area contributed by atoms with Crippen LogP contribution in [-0.2, 0) is 18.4 Å². The van der Waals surface area contributed by atoms with E-state index in [1.165, 1.54) is 4.57 Å². The van der Waals surface area contributed by atoms with E-state index in [9.17, 15) is 14.4 Å². The molecule has 1 N–H and O–H groups in total. The van der Waals surface area contributed by atoms with Crippen LogP contribution in [0.15, 0.2) is 33.9 Å². The van der Waals surface area contributed by atoms with Gasteiger partial charge in [0.15, 0.2) is 0 Å². The van der Waals surface area contributed by atoms with Crippen LogP contribution in [0.3, 0.4) is 0 Å². The van der Waals surface area contributed by atoms with E-state index in [2.05, 4.69) is 5.32 Å². The fourth-order valence-corrected chi connectivity index (χ4v) is 4.62. The van der Waals surface area contributed by atoms with Crippen LogP contribution in [0, 0.1) is 11.8 Å². The molecule has 2 aromatic rings. The van der Waals surface area contributed by atoms with Crippen LogP contribution in [0.4, 0.5) is 0 Å². The van der Waals surface area contributed by atoms with E-state index < -0.39 is 0 Å². The second-order valence-electron chi connectivity index (χ2n) is 8.07. The minimum atomic E-state index is -0.261. The molecule has 1 aliphatic heterocycles. The Kier molecular flexibility index (Phi) is 5.35. The van der Waals surface area contributed by atoms with Crippen LogP contribution in [0.1, 0.15) is 25.7 Å². The molecule has 0 spiro atoms. The molecule has 2 heterocycles. The Hall–Kier alpha value is -2.41. The van der Waals surface area contributed by atoms with Crippen molar-refractivity contribution in [2.75, 3.05) is 26.2 Å². The SMILES string of the molecule is Cn1c(=O)n(C[C@H]2CC[C@H](C(=O)N3CCNCC3)CC2)c(=O)c2ccccc21. The molecular weight excluding hydrogens is 356 g/mol. The zero-order chi connectivity index (χ0) is 19.7. The average molecular weight is 384 g/mol. The molecule has 0 bridgehead atoms. The van der Waals surface area contributed by atoms with Crippen LogP contribution in [0.5, 0.6) is 0 Å². The highest BCUT2D eigenvalue weighted by molar-refractivity contribution is 5.79. The number of para-hydroxylation sites is 1. The number of piperazine rings is 1. The Bertz CT molecular complexity index is 979. The fourth-order valence-electron chi connectivity index (χ4n) is 4.62. The third-order valence-corrected chi connectivity index (χ3v) is 6.32. The molecule has 1 aliphatic carbocycles. The first kappa shape index (κ1) is 18.9. The summed E-state index contributed by atoms with van der Waals surface area (Å²) in [7, 11) is 1.71. The van der Waals surface area contributed by atoms with E-state index in [1.54, 1.807) is 23.7 Å². The zero-order valence-electron chi connectivity index (χ0n) is 16.4. The number of benzene rings is 1. The number of aromatic nitrogens is 2. The molecule has 150 valence electrons. The highest BCUT2D eigenvalue weighted by atomic mass is 16.2. The normalized spacial score (nSPS) is 23.1. The van der Waals surface area contributed by atoms with Crippen molar-refractivity contribution < 1.29 is 4.79 Å². The summed E-state index contributed by atoms with van der Waals surface area (Å²) in [6.45, 7) is 3.76. The predicted molar refractivity (Wildman–Crippen MR) is 108 cm³/mol. The number of carbonyl (C=O) groups is 1. The van der Waals surface area contributed by atoms with Crippen molar-refractivity contribution >= 4 is 16.8 Å². The Morgan fingerprint density at radius 3 is 2.46 bits per heavy atom. The van der Waals surface area contributed by atoms with E-state index in [-0.39, 0.29) is 29.0 Å². The lowest BCUT2D eigenvalue weighted by Gasteiger charge is -2.34. The monoisotopic (exact) mass is 384 g/mol. The molecule has 2 aliphatic rings. The van der Waals surface area contributed by atoms with Gasteiger partial charge in [0, 0.05) is 45.7 Å². The molecule has 1 saturated heterocycles. The molecule has 4 rings (SSSR count). The van der Waals surface area contributed by atoms with Crippen molar-refractivity contribution in [1.82, 2.24) is 19.4 Å². The Morgan fingerprint density at radius 2 is 1.75 bits per heavy atom. The van der Waals surface area contributed by atoms with E-state index in [4.69, 9.17) is 0 Å². The third kappa shape index (κ3) is 3.51. The first-order chi connectivity index (χ1) is 13.6. The van der Waals surface area contributed by atoms with Crippen LogP contribution in [-0.4, -0.2) is 46.1 Å². The minimum absolute atomic E-state index is 0.0884. The van der Waals surface area contributed by atoms with Gasteiger partial charge in [-0.3, -0.25) is 18.7 Å². The molecule has 7 heteroatoms. The van der Waals surface area contributed by atoms with Gasteiger partial charge in [0.25, 0.3) is 5.56 Å². The highest BCUT2D eigenvalue weighted by Crippen LogP contribution is 2.31. The molecule has 0 radical (unpaired) electrons. The van der Waals surface area contributed by atoms with Crippen LogP contribution in [0.2, 0.25) is 0 Å². The van der Waals surface area contributed by atoms with Gasteiger partial charge in [-0.25, -0.2) is 4.79 Å². The smallest absolute Gasteiger partial charge is 0.331 e. The summed E-state index contributed by atoms with van der Waals surface area (Å²) in [4.78, 5) is 40.2. The summed E-state index contributed by atoms with van der Waals surface area (Å²) in [5, 5.41) is 3.85. The summed E-state index contributed by atoms with van der Waals surface area (Å²) in [5.41, 5.74) is 0.194. The largest absolute Gasteiger partial charge is 0.340 e. The number of amides is 1. The van der Waals surface area contributed by atoms with Gasteiger partial charge in [0.1, 0.15) is 0 Å². The van der Waals surface area contributed by atoms with Crippen molar-refractivity contribution in [1.29, 1.82) is 0 Å². The Balaban J connectivity index is 1.46. The van der Waals surface area contributed by atoms with Gasteiger partial charge in [0.2, 0.25) is 5.91 Å². The molecule has 28 heavy (non-hydrogen) atoms. The molecular formula is C21H28N4O3. The van der Waals surface area contributed by atoms with Crippen molar-refractivity contribution in [3.8, 4) is 0 Å². The van der Waals surface area contributed by atoms with Gasteiger partial charge in [-0.1, -0.05) is 12.1 Å². The molecule has 1 aromatic heterocycles. The number of nitrogens with one attached hydrogen (secondary N) is 1. The van der Waals surface area contributed by atoms with E-state index in [0.717, 1.165) is 51.9 Å². The lowest BCUT2D eigenvalue weighted by atomic mass is 9.81. The van der Waals surface area contributed by atoms with Crippen molar-refractivity contribution in [2.45, 2.75) is 32.2 Å². The number of aryl methyl sites for hydroxylation is 1. The Labute approximate surface area is 163 Å².